The van der Waals surface area contributed by atoms with E-state index in [-0.39, 0.29) is 36.7 Å². The minimum atomic E-state index is -0.577. The molecule has 4 rings (SSSR count). The van der Waals surface area contributed by atoms with Gasteiger partial charge in [-0.25, -0.2) is 9.97 Å². The fourth-order valence-electron chi connectivity index (χ4n) is 3.54. The number of fused-ring (bicyclic) bond motifs is 1. The van der Waals surface area contributed by atoms with Crippen LogP contribution in [0.15, 0.2) is 24.3 Å². The first kappa shape index (κ1) is 20.2. The maximum atomic E-state index is 11.8. The number of aromatic amines is 1. The molecule has 2 heterocycles. The highest BCUT2D eigenvalue weighted by Crippen LogP contribution is 2.32. The Morgan fingerprint density at radius 3 is 2.86 bits per heavy atom. The number of nitrogens with zero attached hydrogens (tertiary/aromatic N) is 4. The fraction of sp³-hybridized carbons (Fsp3) is 0.444. The molecule has 5 N–H and O–H groups in total. The van der Waals surface area contributed by atoms with Crippen LogP contribution in [0.1, 0.15) is 36.8 Å². The molecule has 10 heteroatoms. The Kier molecular flexibility index (Phi) is 5.97. The number of aliphatic hydroxyl groups is 1. The van der Waals surface area contributed by atoms with Gasteiger partial charge >= 0.3 is 0 Å². The average molecular weight is 406 g/mol. The zero-order chi connectivity index (χ0) is 19.0. The van der Waals surface area contributed by atoms with Crippen LogP contribution in [-0.2, 0) is 11.2 Å². The van der Waals surface area contributed by atoms with E-state index in [2.05, 4.69) is 25.4 Å². The number of para-hydroxylation sites is 2. The number of rotatable bonds is 4. The Bertz CT molecular complexity index is 937. The Balaban J connectivity index is 0.00000225. The summed E-state index contributed by atoms with van der Waals surface area (Å²) in [5, 5.41) is 17.3. The van der Waals surface area contributed by atoms with Crippen molar-refractivity contribution in [3.8, 4) is 5.95 Å². The minimum absolute atomic E-state index is 0. The molecule has 1 aliphatic rings. The predicted molar refractivity (Wildman–Crippen MR) is 107 cm³/mol. The number of imidazole rings is 1. The zero-order valence-electron chi connectivity index (χ0n) is 15.5. The molecule has 1 aromatic carbocycles. The molecule has 1 aliphatic carbocycles. The molecule has 0 radical (unpaired) electrons. The summed E-state index contributed by atoms with van der Waals surface area (Å²) in [4.78, 5) is 24.2. The summed E-state index contributed by atoms with van der Waals surface area (Å²) in [7, 11) is 1.58. The molecule has 0 aliphatic heterocycles. The number of aliphatic hydroxyl groups excluding tert-OH is 1. The molecular formula is C18H24ClN7O2. The number of amides is 1. The van der Waals surface area contributed by atoms with Gasteiger partial charge in [-0.2, -0.15) is 4.68 Å². The van der Waals surface area contributed by atoms with Gasteiger partial charge in [0.1, 0.15) is 5.82 Å². The lowest BCUT2D eigenvalue weighted by Crippen LogP contribution is -2.40. The van der Waals surface area contributed by atoms with Crippen molar-refractivity contribution in [3.05, 3.63) is 35.9 Å². The van der Waals surface area contributed by atoms with Crippen molar-refractivity contribution < 1.29 is 9.90 Å². The first-order chi connectivity index (χ1) is 13.0. The zero-order valence-corrected chi connectivity index (χ0v) is 16.3. The maximum absolute atomic E-state index is 11.8. The van der Waals surface area contributed by atoms with Crippen molar-refractivity contribution in [1.82, 2.24) is 30.0 Å². The van der Waals surface area contributed by atoms with Gasteiger partial charge in [0.15, 0.2) is 5.82 Å². The Labute approximate surface area is 168 Å². The summed E-state index contributed by atoms with van der Waals surface area (Å²) in [6.45, 7) is 0. The van der Waals surface area contributed by atoms with Crippen molar-refractivity contribution in [1.29, 1.82) is 0 Å². The van der Waals surface area contributed by atoms with E-state index in [0.29, 0.717) is 30.4 Å². The van der Waals surface area contributed by atoms with Gasteiger partial charge in [-0.05, 0) is 31.4 Å². The molecule has 1 fully saturated rings. The third-order valence-electron chi connectivity index (χ3n) is 5.08. The number of halogens is 1. The minimum Gasteiger partial charge on any atom is -0.391 e. The lowest BCUT2D eigenvalue weighted by Gasteiger charge is -2.30. The van der Waals surface area contributed by atoms with Crippen molar-refractivity contribution in [3.63, 3.8) is 0 Å². The third kappa shape index (κ3) is 3.87. The van der Waals surface area contributed by atoms with Crippen LogP contribution in [0.4, 0.5) is 0 Å². The second kappa shape index (κ2) is 8.26. The number of hydrogen-bond acceptors (Lipinski definition) is 6. The van der Waals surface area contributed by atoms with E-state index in [1.54, 1.807) is 11.7 Å². The van der Waals surface area contributed by atoms with E-state index in [4.69, 9.17) is 5.73 Å². The third-order valence-corrected chi connectivity index (χ3v) is 5.08. The Morgan fingerprint density at radius 1 is 1.36 bits per heavy atom. The highest BCUT2D eigenvalue weighted by molar-refractivity contribution is 5.85. The van der Waals surface area contributed by atoms with E-state index in [9.17, 15) is 9.90 Å². The molecule has 150 valence electrons. The number of H-pyrrole nitrogens is 1. The van der Waals surface area contributed by atoms with Gasteiger partial charge in [-0.15, -0.1) is 17.5 Å². The molecule has 9 nitrogen and oxygen atoms in total. The van der Waals surface area contributed by atoms with E-state index in [0.717, 1.165) is 17.5 Å². The number of hydrogen-bond donors (Lipinski definition) is 4. The van der Waals surface area contributed by atoms with Crippen LogP contribution in [-0.4, -0.2) is 54.9 Å². The van der Waals surface area contributed by atoms with Crippen molar-refractivity contribution in [2.24, 2.45) is 5.73 Å². The summed E-state index contributed by atoms with van der Waals surface area (Å²) in [6.07, 6.45) is 1.54. The number of carbonyl (C=O) groups is 1. The Hall–Kier alpha value is -2.49. The first-order valence-corrected chi connectivity index (χ1v) is 9.10. The van der Waals surface area contributed by atoms with E-state index < -0.39 is 6.10 Å². The highest BCUT2D eigenvalue weighted by Gasteiger charge is 2.32. The molecule has 0 unspecified atom stereocenters. The number of likely N-dealkylation sites (N-methyl/N-ethyl adjacent to an activating group) is 1. The van der Waals surface area contributed by atoms with Gasteiger partial charge in [-0.1, -0.05) is 12.1 Å². The molecule has 0 spiro atoms. The van der Waals surface area contributed by atoms with Gasteiger partial charge in [0.25, 0.3) is 0 Å². The summed E-state index contributed by atoms with van der Waals surface area (Å²) >= 11 is 0. The van der Waals surface area contributed by atoms with E-state index in [1.165, 1.54) is 0 Å². The SMILES string of the molecule is CNC(=O)Cc1nc([C@H]2CC[C@@H](N)[C@H](O)C2)n(-c2nc3ccccc3[nH]2)n1.Cl. The van der Waals surface area contributed by atoms with Crippen LogP contribution < -0.4 is 11.1 Å². The van der Waals surface area contributed by atoms with Crippen molar-refractivity contribution in [2.75, 3.05) is 7.05 Å². The number of nitrogens with one attached hydrogen (secondary N) is 2. The lowest BCUT2D eigenvalue weighted by molar-refractivity contribution is -0.120. The number of benzene rings is 1. The van der Waals surface area contributed by atoms with Crippen LogP contribution in [0, 0.1) is 0 Å². The van der Waals surface area contributed by atoms with Gasteiger partial charge < -0.3 is 21.1 Å². The van der Waals surface area contributed by atoms with Crippen LogP contribution in [0.2, 0.25) is 0 Å². The average Bonchev–Trinajstić information content (AvgIpc) is 3.27. The van der Waals surface area contributed by atoms with Crippen molar-refractivity contribution in [2.45, 2.75) is 43.7 Å². The molecular weight excluding hydrogens is 382 g/mol. The summed E-state index contributed by atoms with van der Waals surface area (Å²) in [5.74, 6) is 1.51. The number of nitrogens with two attached hydrogens (primary N) is 1. The Morgan fingerprint density at radius 2 is 2.14 bits per heavy atom. The maximum Gasteiger partial charge on any atom is 0.230 e. The molecule has 3 aromatic rings. The van der Waals surface area contributed by atoms with Gasteiger partial charge in [0.2, 0.25) is 11.9 Å². The summed E-state index contributed by atoms with van der Waals surface area (Å²) in [5.41, 5.74) is 7.67. The van der Waals surface area contributed by atoms with E-state index >= 15 is 0 Å². The second-order valence-corrected chi connectivity index (χ2v) is 6.97. The first-order valence-electron chi connectivity index (χ1n) is 9.10. The lowest BCUT2D eigenvalue weighted by atomic mass is 9.84. The molecule has 1 amide bonds. The second-order valence-electron chi connectivity index (χ2n) is 6.97. The molecule has 3 atom stereocenters. The monoisotopic (exact) mass is 405 g/mol. The smallest absolute Gasteiger partial charge is 0.230 e. The summed E-state index contributed by atoms with van der Waals surface area (Å²) < 4.78 is 1.66. The number of aromatic nitrogens is 5. The van der Waals surface area contributed by atoms with E-state index in [1.807, 2.05) is 24.3 Å². The highest BCUT2D eigenvalue weighted by atomic mass is 35.5. The van der Waals surface area contributed by atoms with Gasteiger partial charge in [0.05, 0.1) is 23.6 Å². The number of carbonyl (C=O) groups excluding carboxylic acids is 1. The van der Waals surface area contributed by atoms with Crippen molar-refractivity contribution >= 4 is 29.3 Å². The van der Waals surface area contributed by atoms with Crippen LogP contribution in [0.25, 0.3) is 17.0 Å². The quantitative estimate of drug-likeness (QED) is 0.507. The van der Waals surface area contributed by atoms with Crippen LogP contribution >= 0.6 is 12.4 Å². The largest absolute Gasteiger partial charge is 0.391 e. The standard InChI is InChI=1S/C18H23N7O2.ClH/c1-20-16(27)9-15-23-17(10-6-7-11(19)14(26)8-10)25(24-15)18-21-12-4-2-3-5-13(12)22-18;/h2-5,10-11,14,26H,6-9,19H2,1H3,(H,20,27)(H,21,22);1H/t10-,11+,14+;/m0./s1. The molecule has 2 aromatic heterocycles. The predicted octanol–water partition coefficient (Wildman–Crippen LogP) is 0.810. The molecule has 1 saturated carbocycles. The van der Waals surface area contributed by atoms with Crippen LogP contribution in [0.5, 0.6) is 0 Å². The van der Waals surface area contributed by atoms with Gasteiger partial charge in [-0.3, -0.25) is 4.79 Å². The van der Waals surface area contributed by atoms with Crippen LogP contribution in [0.3, 0.4) is 0 Å². The molecule has 0 saturated heterocycles. The van der Waals surface area contributed by atoms with Gasteiger partial charge in [0, 0.05) is 19.0 Å². The molecule has 0 bridgehead atoms. The molecule has 28 heavy (non-hydrogen) atoms. The summed E-state index contributed by atoms with van der Waals surface area (Å²) in [6, 6.07) is 7.50. The fourth-order valence-corrected chi connectivity index (χ4v) is 3.54. The topological polar surface area (TPSA) is 135 Å². The normalized spacial score (nSPS) is 22.0.